The Labute approximate surface area is 195 Å². The van der Waals surface area contributed by atoms with Crippen LogP contribution in [-0.2, 0) is 22.7 Å². The van der Waals surface area contributed by atoms with Gasteiger partial charge in [0.05, 0.1) is 40.3 Å². The van der Waals surface area contributed by atoms with Crippen molar-refractivity contribution in [3.05, 3.63) is 105 Å². The summed E-state index contributed by atoms with van der Waals surface area (Å²) in [7, 11) is 0. The second-order valence-corrected chi connectivity index (χ2v) is 7.18. The normalized spacial score (nSPS) is 9.97. The zero-order valence-corrected chi connectivity index (χ0v) is 18.1. The van der Waals surface area contributed by atoms with Gasteiger partial charge in [-0.15, -0.1) is 0 Å². The molecular weight excluding hydrogens is 436 g/mol. The van der Waals surface area contributed by atoms with Gasteiger partial charge < -0.3 is 9.64 Å². The monoisotopic (exact) mass is 454 g/mol. The second kappa shape index (κ2) is 10.5. The van der Waals surface area contributed by atoms with Gasteiger partial charge >= 0.3 is 5.97 Å². The first-order valence-electron chi connectivity index (χ1n) is 10.1. The maximum Gasteiger partial charge on any atom is 0.338 e. The van der Waals surface area contributed by atoms with E-state index < -0.39 is 16.8 Å². The van der Waals surface area contributed by atoms with Gasteiger partial charge in [-0.25, -0.2) is 4.79 Å². The Morgan fingerprint density at radius 2 is 1.56 bits per heavy atom. The van der Waals surface area contributed by atoms with E-state index >= 15 is 0 Å². The standard InChI is InChI=1S/C25H18N4O5/c1-17(30)28(15-21-8-4-2-6-19(21)13-26)24-12-18(10-11-23(24)29(32)33)25(31)34-16-22-9-5-3-7-20(22)14-27/h2-12H,15-16H2,1H3. The Bertz CT molecular complexity index is 1350. The molecule has 34 heavy (non-hydrogen) atoms. The van der Waals surface area contributed by atoms with Crippen LogP contribution in [0.4, 0.5) is 11.4 Å². The summed E-state index contributed by atoms with van der Waals surface area (Å²) in [4.78, 5) is 37.3. The van der Waals surface area contributed by atoms with Crippen molar-refractivity contribution in [2.75, 3.05) is 4.90 Å². The van der Waals surface area contributed by atoms with E-state index in [2.05, 4.69) is 0 Å². The number of esters is 1. The molecule has 0 aliphatic carbocycles. The second-order valence-electron chi connectivity index (χ2n) is 7.18. The van der Waals surface area contributed by atoms with Crippen LogP contribution in [-0.4, -0.2) is 16.8 Å². The molecule has 0 aromatic heterocycles. The van der Waals surface area contributed by atoms with Gasteiger partial charge in [0.1, 0.15) is 12.3 Å². The van der Waals surface area contributed by atoms with Crippen molar-refractivity contribution < 1.29 is 19.2 Å². The van der Waals surface area contributed by atoms with Crippen molar-refractivity contribution in [1.82, 2.24) is 0 Å². The molecule has 168 valence electrons. The third-order valence-corrected chi connectivity index (χ3v) is 5.04. The maximum atomic E-state index is 12.7. The van der Waals surface area contributed by atoms with Gasteiger partial charge in [-0.2, -0.15) is 10.5 Å². The summed E-state index contributed by atoms with van der Waals surface area (Å²) in [5.74, 6) is -1.28. The van der Waals surface area contributed by atoms with E-state index in [1.165, 1.54) is 19.1 Å². The van der Waals surface area contributed by atoms with Crippen molar-refractivity contribution in [2.45, 2.75) is 20.1 Å². The van der Waals surface area contributed by atoms with Crippen LogP contribution >= 0.6 is 0 Å². The Balaban J connectivity index is 1.95. The van der Waals surface area contributed by atoms with E-state index in [0.717, 1.165) is 11.0 Å². The third kappa shape index (κ3) is 5.23. The molecule has 1 amide bonds. The van der Waals surface area contributed by atoms with Gasteiger partial charge in [-0.3, -0.25) is 14.9 Å². The molecule has 0 saturated heterocycles. The lowest BCUT2D eigenvalue weighted by Gasteiger charge is -2.22. The Morgan fingerprint density at radius 1 is 0.971 bits per heavy atom. The van der Waals surface area contributed by atoms with Crippen LogP contribution in [0.5, 0.6) is 0 Å². The average Bonchev–Trinajstić information content (AvgIpc) is 2.85. The number of nitriles is 2. The fourth-order valence-electron chi connectivity index (χ4n) is 3.31. The summed E-state index contributed by atoms with van der Waals surface area (Å²) in [5.41, 5.74) is 1.21. The molecule has 0 atom stereocenters. The lowest BCUT2D eigenvalue weighted by Crippen LogP contribution is -2.29. The predicted octanol–water partition coefficient (Wildman–Crippen LogP) is 4.25. The molecule has 0 radical (unpaired) electrons. The van der Waals surface area contributed by atoms with E-state index in [1.54, 1.807) is 48.5 Å². The summed E-state index contributed by atoms with van der Waals surface area (Å²) < 4.78 is 5.30. The lowest BCUT2D eigenvalue weighted by atomic mass is 10.1. The number of nitro groups is 1. The van der Waals surface area contributed by atoms with Crippen LogP contribution in [0.1, 0.15) is 39.5 Å². The summed E-state index contributed by atoms with van der Waals surface area (Å²) in [5, 5.41) is 30.2. The van der Waals surface area contributed by atoms with Crippen molar-refractivity contribution in [3.63, 3.8) is 0 Å². The number of ether oxygens (including phenoxy) is 1. The zero-order chi connectivity index (χ0) is 24.7. The molecule has 0 fully saturated rings. The molecule has 0 N–H and O–H groups in total. The number of benzene rings is 3. The van der Waals surface area contributed by atoms with Gasteiger partial charge in [0.25, 0.3) is 5.69 Å². The summed E-state index contributed by atoms with van der Waals surface area (Å²) in [6, 6.07) is 20.8. The number of carbonyl (C=O) groups excluding carboxylic acids is 2. The number of anilines is 1. The highest BCUT2D eigenvalue weighted by molar-refractivity contribution is 5.97. The highest BCUT2D eigenvalue weighted by Gasteiger charge is 2.25. The van der Waals surface area contributed by atoms with E-state index in [9.17, 15) is 30.2 Å². The Morgan fingerprint density at radius 3 is 2.15 bits per heavy atom. The number of hydrogen-bond donors (Lipinski definition) is 0. The van der Waals surface area contributed by atoms with E-state index in [0.29, 0.717) is 22.3 Å². The van der Waals surface area contributed by atoms with Gasteiger partial charge in [0.2, 0.25) is 5.91 Å². The van der Waals surface area contributed by atoms with Gasteiger partial charge in [-0.1, -0.05) is 36.4 Å². The fourth-order valence-corrected chi connectivity index (χ4v) is 3.31. The molecule has 0 aliphatic rings. The number of hydrogen-bond acceptors (Lipinski definition) is 7. The zero-order valence-electron chi connectivity index (χ0n) is 18.1. The molecule has 0 bridgehead atoms. The van der Waals surface area contributed by atoms with Crippen LogP contribution in [0.25, 0.3) is 0 Å². The number of rotatable bonds is 7. The van der Waals surface area contributed by atoms with Crippen molar-refractivity contribution >= 4 is 23.3 Å². The van der Waals surface area contributed by atoms with Crippen LogP contribution in [0.3, 0.4) is 0 Å². The third-order valence-electron chi connectivity index (χ3n) is 5.04. The molecule has 9 heteroatoms. The molecule has 9 nitrogen and oxygen atoms in total. The predicted molar refractivity (Wildman–Crippen MR) is 121 cm³/mol. The van der Waals surface area contributed by atoms with E-state index in [-0.39, 0.29) is 30.1 Å². The number of nitro benzene ring substituents is 1. The molecule has 0 unspecified atom stereocenters. The SMILES string of the molecule is CC(=O)N(Cc1ccccc1C#N)c1cc(C(=O)OCc2ccccc2C#N)ccc1[N+](=O)[O-]. The first-order chi connectivity index (χ1) is 16.3. The molecule has 0 saturated carbocycles. The van der Waals surface area contributed by atoms with Crippen LogP contribution < -0.4 is 4.90 Å². The van der Waals surface area contributed by atoms with E-state index in [4.69, 9.17) is 4.74 Å². The minimum absolute atomic E-state index is 0.00476. The highest BCUT2D eigenvalue weighted by atomic mass is 16.6. The van der Waals surface area contributed by atoms with Crippen LogP contribution in [0, 0.1) is 32.8 Å². The molecule has 0 spiro atoms. The first kappa shape index (κ1) is 23.6. The van der Waals surface area contributed by atoms with Gasteiger partial charge in [-0.05, 0) is 29.8 Å². The Hall–Kier alpha value is -5.02. The fraction of sp³-hybridized carbons (Fsp3) is 0.120. The first-order valence-corrected chi connectivity index (χ1v) is 10.1. The minimum atomic E-state index is -0.773. The molecule has 3 rings (SSSR count). The summed E-state index contributed by atoms with van der Waals surface area (Å²) >= 11 is 0. The van der Waals surface area contributed by atoms with E-state index in [1.807, 2.05) is 12.1 Å². The van der Waals surface area contributed by atoms with Crippen molar-refractivity contribution in [3.8, 4) is 12.1 Å². The molecule has 3 aromatic rings. The molecule has 3 aromatic carbocycles. The van der Waals surface area contributed by atoms with Crippen LogP contribution in [0.15, 0.2) is 66.7 Å². The minimum Gasteiger partial charge on any atom is -0.457 e. The molecular formula is C25H18N4O5. The molecule has 0 heterocycles. The number of amides is 1. The largest absolute Gasteiger partial charge is 0.457 e. The van der Waals surface area contributed by atoms with Gasteiger partial charge in [0.15, 0.2) is 0 Å². The summed E-state index contributed by atoms with van der Waals surface area (Å²) in [6.07, 6.45) is 0. The highest BCUT2D eigenvalue weighted by Crippen LogP contribution is 2.31. The van der Waals surface area contributed by atoms with Crippen molar-refractivity contribution in [2.24, 2.45) is 0 Å². The van der Waals surface area contributed by atoms with Crippen LogP contribution in [0.2, 0.25) is 0 Å². The average molecular weight is 454 g/mol. The lowest BCUT2D eigenvalue weighted by molar-refractivity contribution is -0.384. The summed E-state index contributed by atoms with van der Waals surface area (Å²) in [6.45, 7) is 0.970. The maximum absolute atomic E-state index is 12.7. The Kier molecular flexibility index (Phi) is 7.32. The topological polar surface area (TPSA) is 137 Å². The van der Waals surface area contributed by atoms with Gasteiger partial charge in [0, 0.05) is 18.6 Å². The quantitative estimate of drug-likeness (QED) is 0.295. The van der Waals surface area contributed by atoms with Crippen molar-refractivity contribution in [1.29, 1.82) is 10.5 Å². The number of nitrogens with zero attached hydrogens (tertiary/aromatic N) is 4. The molecule has 0 aliphatic heterocycles. The smallest absolute Gasteiger partial charge is 0.338 e. The number of carbonyl (C=O) groups is 2.